The first-order valence-corrected chi connectivity index (χ1v) is 6.69. The van der Waals surface area contributed by atoms with Crippen LogP contribution in [0.5, 0.6) is 0 Å². The molecule has 0 saturated heterocycles. The molecular formula is C9H6Br2N2O2S. The van der Waals surface area contributed by atoms with E-state index >= 15 is 0 Å². The van der Waals surface area contributed by atoms with E-state index < -0.39 is 0 Å². The summed E-state index contributed by atoms with van der Waals surface area (Å²) in [5, 5.41) is 6.29. The van der Waals surface area contributed by atoms with Crippen molar-refractivity contribution in [2.75, 3.05) is 0 Å². The Hall–Kier alpha value is -0.660. The van der Waals surface area contributed by atoms with Crippen molar-refractivity contribution in [3.63, 3.8) is 0 Å². The van der Waals surface area contributed by atoms with E-state index in [1.165, 1.54) is 11.3 Å². The SMILES string of the molecule is O=C(NCc1ccno1)c1cc(Br)c(Br)s1. The van der Waals surface area contributed by atoms with Crippen LogP contribution in [0.1, 0.15) is 15.4 Å². The zero-order chi connectivity index (χ0) is 11.5. The highest BCUT2D eigenvalue weighted by Gasteiger charge is 2.12. The number of nitrogens with zero attached hydrogens (tertiary/aromatic N) is 1. The molecule has 7 heteroatoms. The van der Waals surface area contributed by atoms with Gasteiger partial charge in [-0.1, -0.05) is 5.16 Å². The van der Waals surface area contributed by atoms with Crippen LogP contribution in [0.15, 0.2) is 31.1 Å². The summed E-state index contributed by atoms with van der Waals surface area (Å²) in [6.45, 7) is 0.339. The Morgan fingerprint density at radius 2 is 2.38 bits per heavy atom. The van der Waals surface area contributed by atoms with E-state index in [1.54, 1.807) is 18.3 Å². The van der Waals surface area contributed by atoms with E-state index in [0.29, 0.717) is 17.2 Å². The molecule has 0 fully saturated rings. The molecule has 1 amide bonds. The molecular weight excluding hydrogens is 360 g/mol. The quantitative estimate of drug-likeness (QED) is 0.908. The van der Waals surface area contributed by atoms with Gasteiger partial charge < -0.3 is 9.84 Å². The summed E-state index contributed by atoms with van der Waals surface area (Å²) in [5.74, 6) is 0.496. The van der Waals surface area contributed by atoms with Crippen LogP contribution in [0.4, 0.5) is 0 Å². The van der Waals surface area contributed by atoms with Crippen molar-refractivity contribution in [2.24, 2.45) is 0 Å². The van der Waals surface area contributed by atoms with Gasteiger partial charge in [0.25, 0.3) is 5.91 Å². The lowest BCUT2D eigenvalue weighted by atomic mass is 10.4. The largest absolute Gasteiger partial charge is 0.360 e. The molecule has 0 saturated carbocycles. The minimum atomic E-state index is -0.132. The fourth-order valence-electron chi connectivity index (χ4n) is 1.05. The van der Waals surface area contributed by atoms with Crippen molar-refractivity contribution in [3.8, 4) is 0 Å². The molecule has 2 aromatic rings. The lowest BCUT2D eigenvalue weighted by molar-refractivity contribution is 0.0951. The van der Waals surface area contributed by atoms with Crippen molar-refractivity contribution < 1.29 is 9.32 Å². The van der Waals surface area contributed by atoms with Gasteiger partial charge in [-0.25, -0.2) is 0 Å². The molecule has 0 atom stereocenters. The average molecular weight is 366 g/mol. The molecule has 0 aliphatic heterocycles. The fraction of sp³-hybridized carbons (Fsp3) is 0.111. The van der Waals surface area contributed by atoms with Crippen LogP contribution >= 0.6 is 43.2 Å². The number of amides is 1. The monoisotopic (exact) mass is 364 g/mol. The van der Waals surface area contributed by atoms with E-state index in [9.17, 15) is 4.79 Å². The minimum Gasteiger partial charge on any atom is -0.360 e. The van der Waals surface area contributed by atoms with Crippen LogP contribution in [0.25, 0.3) is 0 Å². The minimum absolute atomic E-state index is 0.132. The number of halogens is 2. The van der Waals surface area contributed by atoms with E-state index in [1.807, 2.05) is 0 Å². The van der Waals surface area contributed by atoms with E-state index in [0.717, 1.165) is 8.26 Å². The summed E-state index contributed by atoms with van der Waals surface area (Å²) < 4.78 is 6.65. The third-order valence-corrected chi connectivity index (χ3v) is 5.04. The summed E-state index contributed by atoms with van der Waals surface area (Å²) in [6, 6.07) is 3.48. The predicted molar refractivity (Wildman–Crippen MR) is 67.4 cm³/mol. The summed E-state index contributed by atoms with van der Waals surface area (Å²) in [4.78, 5) is 12.3. The molecule has 4 nitrogen and oxygen atoms in total. The summed E-state index contributed by atoms with van der Waals surface area (Å²) in [7, 11) is 0. The van der Waals surface area contributed by atoms with Crippen LogP contribution in [0.2, 0.25) is 0 Å². The van der Waals surface area contributed by atoms with Crippen molar-refractivity contribution in [1.29, 1.82) is 0 Å². The number of nitrogens with one attached hydrogen (secondary N) is 1. The normalized spacial score (nSPS) is 10.4. The predicted octanol–water partition coefficient (Wildman–Crippen LogP) is 3.19. The maximum Gasteiger partial charge on any atom is 0.261 e. The van der Waals surface area contributed by atoms with Crippen LogP contribution in [-0.4, -0.2) is 11.1 Å². The zero-order valence-electron chi connectivity index (χ0n) is 7.87. The number of rotatable bonds is 3. The van der Waals surface area contributed by atoms with Gasteiger partial charge in [-0.05, 0) is 37.9 Å². The summed E-state index contributed by atoms with van der Waals surface area (Å²) in [5.41, 5.74) is 0. The van der Waals surface area contributed by atoms with Gasteiger partial charge in [-0.3, -0.25) is 4.79 Å². The van der Waals surface area contributed by atoms with Gasteiger partial charge in [0.2, 0.25) is 0 Å². The Morgan fingerprint density at radius 1 is 1.56 bits per heavy atom. The molecule has 0 aliphatic carbocycles. The molecule has 2 aromatic heterocycles. The average Bonchev–Trinajstić information content (AvgIpc) is 2.86. The molecule has 0 aliphatic rings. The van der Waals surface area contributed by atoms with Gasteiger partial charge in [-0.15, -0.1) is 11.3 Å². The Balaban J connectivity index is 1.98. The van der Waals surface area contributed by atoms with Crippen LogP contribution in [-0.2, 0) is 6.54 Å². The van der Waals surface area contributed by atoms with Crippen LogP contribution in [0.3, 0.4) is 0 Å². The Morgan fingerprint density at radius 3 is 2.94 bits per heavy atom. The molecule has 2 heterocycles. The van der Waals surface area contributed by atoms with Crippen LogP contribution < -0.4 is 5.32 Å². The molecule has 0 spiro atoms. The molecule has 2 rings (SSSR count). The maximum atomic E-state index is 11.7. The highest BCUT2D eigenvalue weighted by molar-refractivity contribution is 9.13. The highest BCUT2D eigenvalue weighted by atomic mass is 79.9. The smallest absolute Gasteiger partial charge is 0.261 e. The second kappa shape index (κ2) is 5.11. The summed E-state index contributed by atoms with van der Waals surface area (Å²) in [6.07, 6.45) is 1.54. The molecule has 1 N–H and O–H groups in total. The van der Waals surface area contributed by atoms with E-state index in [2.05, 4.69) is 42.3 Å². The lowest BCUT2D eigenvalue weighted by Gasteiger charge is -1.98. The fourth-order valence-corrected chi connectivity index (χ4v) is 3.00. The van der Waals surface area contributed by atoms with Crippen molar-refractivity contribution in [1.82, 2.24) is 10.5 Å². The Bertz CT molecular complexity index is 476. The summed E-state index contributed by atoms with van der Waals surface area (Å²) >= 11 is 8.04. The second-order valence-electron chi connectivity index (χ2n) is 2.89. The number of carbonyl (C=O) groups is 1. The third-order valence-electron chi connectivity index (χ3n) is 1.78. The topological polar surface area (TPSA) is 55.1 Å². The van der Waals surface area contributed by atoms with Gasteiger partial charge >= 0.3 is 0 Å². The van der Waals surface area contributed by atoms with E-state index in [-0.39, 0.29) is 5.91 Å². The third kappa shape index (κ3) is 2.72. The second-order valence-corrected chi connectivity index (χ2v) is 6.12. The molecule has 0 radical (unpaired) electrons. The number of carbonyl (C=O) groups excluding carboxylic acids is 1. The standard InChI is InChI=1S/C9H6Br2N2O2S/c10-6-3-7(16-8(6)11)9(14)12-4-5-1-2-13-15-5/h1-3H,4H2,(H,12,14). The van der Waals surface area contributed by atoms with Gasteiger partial charge in [-0.2, -0.15) is 0 Å². The molecule has 0 aromatic carbocycles. The first-order chi connectivity index (χ1) is 7.66. The molecule has 0 bridgehead atoms. The zero-order valence-corrected chi connectivity index (χ0v) is 11.9. The van der Waals surface area contributed by atoms with Crippen molar-refractivity contribution in [3.05, 3.63) is 37.2 Å². The van der Waals surface area contributed by atoms with Crippen molar-refractivity contribution >= 4 is 49.1 Å². The number of aromatic nitrogens is 1. The van der Waals surface area contributed by atoms with Gasteiger partial charge in [0.15, 0.2) is 5.76 Å². The van der Waals surface area contributed by atoms with Gasteiger partial charge in [0.1, 0.15) is 0 Å². The van der Waals surface area contributed by atoms with Crippen molar-refractivity contribution in [2.45, 2.75) is 6.54 Å². The molecule has 84 valence electrons. The Kier molecular flexibility index (Phi) is 3.78. The maximum absolute atomic E-state index is 11.7. The lowest BCUT2D eigenvalue weighted by Crippen LogP contribution is -2.21. The van der Waals surface area contributed by atoms with Crippen LogP contribution in [0, 0.1) is 0 Å². The van der Waals surface area contributed by atoms with E-state index in [4.69, 9.17) is 4.52 Å². The highest BCUT2D eigenvalue weighted by Crippen LogP contribution is 2.32. The molecule has 16 heavy (non-hydrogen) atoms. The molecule has 0 unspecified atom stereocenters. The number of hydrogen-bond acceptors (Lipinski definition) is 4. The number of thiophene rings is 1. The van der Waals surface area contributed by atoms with Gasteiger partial charge in [0.05, 0.1) is 21.4 Å². The number of hydrogen-bond donors (Lipinski definition) is 1. The van der Waals surface area contributed by atoms with Gasteiger partial charge in [0, 0.05) is 10.5 Å². The first kappa shape index (κ1) is 11.8. The Labute approximate surface area is 112 Å². The first-order valence-electron chi connectivity index (χ1n) is 4.29.